The Balaban J connectivity index is 1.51. The third-order valence-corrected chi connectivity index (χ3v) is 4.66. The predicted octanol–water partition coefficient (Wildman–Crippen LogP) is 4.46. The SMILES string of the molecule is CCn1c(-c2cc(NC(=O)[C@H](C)Oc3ccccc3)n[nH]2)cc2ccccc21. The highest BCUT2D eigenvalue weighted by Crippen LogP contribution is 2.28. The van der Waals surface area contributed by atoms with Crippen LogP contribution < -0.4 is 10.1 Å². The van der Waals surface area contributed by atoms with E-state index in [-0.39, 0.29) is 5.91 Å². The van der Waals surface area contributed by atoms with Gasteiger partial charge in [0.25, 0.3) is 5.91 Å². The summed E-state index contributed by atoms with van der Waals surface area (Å²) >= 11 is 0. The minimum atomic E-state index is -0.635. The first-order valence-corrected chi connectivity index (χ1v) is 9.32. The summed E-state index contributed by atoms with van der Waals surface area (Å²) in [5.74, 6) is 0.870. The summed E-state index contributed by atoms with van der Waals surface area (Å²) in [4.78, 5) is 12.4. The molecule has 0 radical (unpaired) electrons. The number of carbonyl (C=O) groups is 1. The van der Waals surface area contributed by atoms with Gasteiger partial charge in [0.2, 0.25) is 0 Å². The molecule has 0 aliphatic heterocycles. The standard InChI is InChI=1S/C22H22N4O2/c1-3-26-19-12-8-7-9-16(19)13-20(26)18-14-21(25-24-18)23-22(27)15(2)28-17-10-5-4-6-11-17/h4-15H,3H2,1-2H3,(H2,23,24,25,27)/t15-/m0/s1. The Bertz CT molecular complexity index is 1100. The van der Waals surface area contributed by atoms with Crippen LogP contribution in [0.2, 0.25) is 0 Å². The van der Waals surface area contributed by atoms with Crippen molar-refractivity contribution in [3.8, 4) is 17.1 Å². The number of anilines is 1. The lowest BCUT2D eigenvalue weighted by Gasteiger charge is -2.13. The van der Waals surface area contributed by atoms with Crippen LogP contribution in [-0.4, -0.2) is 26.8 Å². The summed E-state index contributed by atoms with van der Waals surface area (Å²) in [6.45, 7) is 4.66. The maximum absolute atomic E-state index is 12.4. The molecule has 0 aliphatic carbocycles. The number of carbonyl (C=O) groups excluding carboxylic acids is 1. The molecule has 2 heterocycles. The lowest BCUT2D eigenvalue weighted by atomic mass is 10.2. The van der Waals surface area contributed by atoms with E-state index in [1.54, 1.807) is 6.92 Å². The van der Waals surface area contributed by atoms with E-state index in [0.717, 1.165) is 17.9 Å². The molecule has 4 rings (SSSR count). The minimum Gasteiger partial charge on any atom is -0.481 e. The molecule has 6 heteroatoms. The van der Waals surface area contributed by atoms with E-state index < -0.39 is 6.10 Å². The number of fused-ring (bicyclic) bond motifs is 1. The van der Waals surface area contributed by atoms with Crippen molar-refractivity contribution in [3.63, 3.8) is 0 Å². The number of H-pyrrole nitrogens is 1. The maximum Gasteiger partial charge on any atom is 0.266 e. The second kappa shape index (κ2) is 7.60. The molecule has 142 valence electrons. The van der Waals surface area contributed by atoms with Crippen LogP contribution in [0.5, 0.6) is 5.75 Å². The number of nitrogens with one attached hydrogen (secondary N) is 2. The van der Waals surface area contributed by atoms with Crippen molar-refractivity contribution >= 4 is 22.6 Å². The summed E-state index contributed by atoms with van der Waals surface area (Å²) in [6.07, 6.45) is -0.635. The molecule has 0 spiro atoms. The first-order chi connectivity index (χ1) is 13.7. The zero-order chi connectivity index (χ0) is 19.5. The number of ether oxygens (including phenoxy) is 1. The number of aromatic amines is 1. The van der Waals surface area contributed by atoms with Crippen LogP contribution in [0.4, 0.5) is 5.82 Å². The molecule has 2 N–H and O–H groups in total. The van der Waals surface area contributed by atoms with Gasteiger partial charge in [-0.25, -0.2) is 0 Å². The number of hydrogen-bond donors (Lipinski definition) is 2. The fourth-order valence-electron chi connectivity index (χ4n) is 3.28. The monoisotopic (exact) mass is 374 g/mol. The van der Waals surface area contributed by atoms with Gasteiger partial charge < -0.3 is 14.6 Å². The van der Waals surface area contributed by atoms with E-state index in [1.807, 2.05) is 48.5 Å². The summed E-state index contributed by atoms with van der Waals surface area (Å²) in [6, 6.07) is 21.5. The fourth-order valence-corrected chi connectivity index (χ4v) is 3.28. The van der Waals surface area contributed by atoms with E-state index in [1.165, 1.54) is 10.9 Å². The van der Waals surface area contributed by atoms with Crippen molar-refractivity contribution in [1.29, 1.82) is 0 Å². The molecule has 0 bridgehead atoms. The Morgan fingerprint density at radius 1 is 1.14 bits per heavy atom. The summed E-state index contributed by atoms with van der Waals surface area (Å²) < 4.78 is 7.88. The number of amides is 1. The predicted molar refractivity (Wildman–Crippen MR) is 110 cm³/mol. The maximum atomic E-state index is 12.4. The fraction of sp³-hybridized carbons (Fsp3) is 0.182. The Hall–Kier alpha value is -3.54. The normalized spacial score (nSPS) is 12.1. The van der Waals surface area contributed by atoms with Crippen molar-refractivity contribution in [2.24, 2.45) is 0 Å². The molecular weight excluding hydrogens is 352 g/mol. The van der Waals surface area contributed by atoms with E-state index >= 15 is 0 Å². The van der Waals surface area contributed by atoms with Crippen molar-refractivity contribution in [2.45, 2.75) is 26.5 Å². The number of aryl methyl sites for hydroxylation is 1. The van der Waals surface area contributed by atoms with Gasteiger partial charge in [-0.05, 0) is 38.1 Å². The Kier molecular flexibility index (Phi) is 4.85. The molecule has 2 aromatic carbocycles. The molecule has 0 saturated heterocycles. The number of rotatable bonds is 6. The molecule has 6 nitrogen and oxygen atoms in total. The van der Waals surface area contributed by atoms with Crippen molar-refractivity contribution in [2.75, 3.05) is 5.32 Å². The van der Waals surface area contributed by atoms with Gasteiger partial charge in [-0.15, -0.1) is 0 Å². The third kappa shape index (κ3) is 3.49. The molecule has 0 aliphatic rings. The molecule has 0 fully saturated rings. The van der Waals surface area contributed by atoms with E-state index in [0.29, 0.717) is 11.6 Å². The van der Waals surface area contributed by atoms with Gasteiger partial charge in [-0.1, -0.05) is 36.4 Å². The van der Waals surface area contributed by atoms with E-state index in [2.05, 4.69) is 45.2 Å². The minimum absolute atomic E-state index is 0.252. The van der Waals surface area contributed by atoms with Gasteiger partial charge in [0, 0.05) is 23.5 Å². The first-order valence-electron chi connectivity index (χ1n) is 9.32. The largest absolute Gasteiger partial charge is 0.481 e. The number of benzene rings is 2. The molecule has 0 saturated carbocycles. The molecule has 1 atom stereocenters. The third-order valence-electron chi connectivity index (χ3n) is 4.66. The number of aromatic nitrogens is 3. The lowest BCUT2D eigenvalue weighted by Crippen LogP contribution is -2.30. The average molecular weight is 374 g/mol. The molecule has 28 heavy (non-hydrogen) atoms. The topological polar surface area (TPSA) is 71.9 Å². The second-order valence-corrected chi connectivity index (χ2v) is 6.56. The van der Waals surface area contributed by atoms with Crippen molar-refractivity contribution < 1.29 is 9.53 Å². The van der Waals surface area contributed by atoms with Crippen LogP contribution in [0.1, 0.15) is 13.8 Å². The van der Waals surface area contributed by atoms with Crippen LogP contribution in [0, 0.1) is 0 Å². The number of nitrogens with zero attached hydrogens (tertiary/aromatic N) is 2. The first kappa shape index (κ1) is 17.9. The molecule has 2 aromatic heterocycles. The zero-order valence-electron chi connectivity index (χ0n) is 15.8. The van der Waals surface area contributed by atoms with Gasteiger partial charge in [-0.2, -0.15) is 5.10 Å². The highest BCUT2D eigenvalue weighted by molar-refractivity contribution is 5.94. The zero-order valence-corrected chi connectivity index (χ0v) is 15.8. The highest BCUT2D eigenvalue weighted by atomic mass is 16.5. The Morgan fingerprint density at radius 2 is 1.89 bits per heavy atom. The van der Waals surface area contributed by atoms with Crippen LogP contribution in [0.25, 0.3) is 22.3 Å². The number of hydrogen-bond acceptors (Lipinski definition) is 3. The van der Waals surface area contributed by atoms with Crippen molar-refractivity contribution in [3.05, 3.63) is 66.7 Å². The van der Waals surface area contributed by atoms with E-state index in [4.69, 9.17) is 4.74 Å². The quantitative estimate of drug-likeness (QED) is 0.523. The molecule has 0 unspecified atom stereocenters. The summed E-state index contributed by atoms with van der Waals surface area (Å²) in [5.41, 5.74) is 3.06. The molecule has 4 aromatic rings. The Labute approximate surface area is 163 Å². The number of para-hydroxylation sites is 2. The molecular formula is C22H22N4O2. The summed E-state index contributed by atoms with van der Waals surface area (Å²) in [7, 11) is 0. The second-order valence-electron chi connectivity index (χ2n) is 6.56. The van der Waals surface area contributed by atoms with Gasteiger partial charge in [0.05, 0.1) is 11.4 Å². The van der Waals surface area contributed by atoms with Crippen LogP contribution in [0.15, 0.2) is 66.7 Å². The average Bonchev–Trinajstić information content (AvgIpc) is 3.32. The van der Waals surface area contributed by atoms with Crippen LogP contribution in [-0.2, 0) is 11.3 Å². The smallest absolute Gasteiger partial charge is 0.266 e. The van der Waals surface area contributed by atoms with E-state index in [9.17, 15) is 4.79 Å². The highest BCUT2D eigenvalue weighted by Gasteiger charge is 2.17. The molecule has 1 amide bonds. The van der Waals surface area contributed by atoms with Crippen LogP contribution in [0.3, 0.4) is 0 Å². The van der Waals surface area contributed by atoms with Crippen molar-refractivity contribution in [1.82, 2.24) is 14.8 Å². The summed E-state index contributed by atoms with van der Waals surface area (Å²) in [5, 5.41) is 11.2. The van der Waals surface area contributed by atoms with Gasteiger partial charge >= 0.3 is 0 Å². The van der Waals surface area contributed by atoms with Gasteiger partial charge in [0.15, 0.2) is 11.9 Å². The lowest BCUT2D eigenvalue weighted by molar-refractivity contribution is -0.122. The Morgan fingerprint density at radius 3 is 2.68 bits per heavy atom. The van der Waals surface area contributed by atoms with Gasteiger partial charge in [-0.3, -0.25) is 9.89 Å². The van der Waals surface area contributed by atoms with Crippen LogP contribution >= 0.6 is 0 Å². The van der Waals surface area contributed by atoms with Gasteiger partial charge in [0.1, 0.15) is 5.75 Å².